The first-order valence-corrected chi connectivity index (χ1v) is 3.28. The lowest BCUT2D eigenvalue weighted by Gasteiger charge is -1.88. The first-order valence-electron chi connectivity index (χ1n) is 3.28. The van der Waals surface area contributed by atoms with Crippen molar-refractivity contribution in [2.75, 3.05) is 0 Å². The van der Waals surface area contributed by atoms with Crippen LogP contribution in [0.15, 0.2) is 29.2 Å². The molecule has 0 aliphatic rings. The van der Waals surface area contributed by atoms with Crippen molar-refractivity contribution in [3.63, 3.8) is 0 Å². The largest absolute Gasteiger partial charge is 0.478 e. The zero-order valence-corrected chi connectivity index (χ0v) is 6.15. The fourth-order valence-corrected chi connectivity index (χ4v) is 0.732. The molecule has 0 atom stereocenters. The van der Waals surface area contributed by atoms with Crippen molar-refractivity contribution in [1.29, 1.82) is 0 Å². The van der Waals surface area contributed by atoms with Gasteiger partial charge in [-0.15, -0.1) is 0 Å². The molecule has 1 aromatic rings. The predicted molar refractivity (Wildman–Crippen MR) is 43.7 cm³/mol. The van der Waals surface area contributed by atoms with E-state index in [0.29, 0.717) is 5.56 Å². The lowest BCUT2D eigenvalue weighted by molar-refractivity contribution is -0.131. The Balaban J connectivity index is 2.90. The fraction of sp³-hybridized carbons (Fsp3) is 0. The molecule has 1 rings (SSSR count). The van der Waals surface area contributed by atoms with Crippen molar-refractivity contribution in [1.82, 2.24) is 4.98 Å². The van der Waals surface area contributed by atoms with E-state index >= 15 is 0 Å². The Hall–Kier alpha value is -1.84. The average Bonchev–Trinajstić information content (AvgIpc) is 2.01. The molecule has 4 heteroatoms. The number of aromatic amines is 1. The maximum atomic E-state index is 10.7. The van der Waals surface area contributed by atoms with Gasteiger partial charge in [0.25, 0.3) is 0 Å². The summed E-state index contributed by atoms with van der Waals surface area (Å²) in [6.07, 6.45) is 3.80. The molecule has 1 heterocycles. The number of pyridine rings is 1. The summed E-state index contributed by atoms with van der Waals surface area (Å²) in [4.78, 5) is 23.2. The number of carbonyl (C=O) groups is 1. The van der Waals surface area contributed by atoms with E-state index < -0.39 is 5.97 Å². The van der Waals surface area contributed by atoms with Crippen molar-refractivity contribution >= 4 is 12.0 Å². The van der Waals surface area contributed by atoms with Gasteiger partial charge >= 0.3 is 5.97 Å². The molecular formula is C8H7NO3. The van der Waals surface area contributed by atoms with Gasteiger partial charge in [0.15, 0.2) is 0 Å². The Bertz CT molecular complexity index is 365. The molecule has 4 nitrogen and oxygen atoms in total. The molecule has 0 unspecified atom stereocenters. The van der Waals surface area contributed by atoms with Crippen LogP contribution in [0.3, 0.4) is 0 Å². The number of nitrogens with one attached hydrogen (secondary N) is 1. The van der Waals surface area contributed by atoms with Crippen LogP contribution in [0.25, 0.3) is 6.08 Å². The van der Waals surface area contributed by atoms with Crippen LogP contribution in [0, 0.1) is 0 Å². The molecule has 0 saturated heterocycles. The molecule has 0 saturated carbocycles. The maximum Gasteiger partial charge on any atom is 0.328 e. The van der Waals surface area contributed by atoms with Gasteiger partial charge in [-0.1, -0.05) is 0 Å². The van der Waals surface area contributed by atoms with Crippen LogP contribution in [0.2, 0.25) is 0 Å². The minimum absolute atomic E-state index is 0.248. The van der Waals surface area contributed by atoms with Crippen molar-refractivity contribution in [3.05, 3.63) is 40.3 Å². The first kappa shape index (κ1) is 8.26. The third kappa shape index (κ3) is 2.42. The van der Waals surface area contributed by atoms with E-state index in [2.05, 4.69) is 4.98 Å². The van der Waals surface area contributed by atoms with Crippen LogP contribution in [0.4, 0.5) is 0 Å². The highest BCUT2D eigenvalue weighted by molar-refractivity contribution is 5.85. The molecule has 0 bridgehead atoms. The smallest absolute Gasteiger partial charge is 0.328 e. The second kappa shape index (κ2) is 3.52. The Kier molecular flexibility index (Phi) is 2.42. The molecule has 62 valence electrons. The number of H-pyrrole nitrogens is 1. The van der Waals surface area contributed by atoms with Crippen molar-refractivity contribution in [2.45, 2.75) is 0 Å². The monoisotopic (exact) mass is 165 g/mol. The lowest BCUT2D eigenvalue weighted by atomic mass is 10.2. The maximum absolute atomic E-state index is 10.7. The van der Waals surface area contributed by atoms with Gasteiger partial charge in [0.1, 0.15) is 0 Å². The summed E-state index contributed by atoms with van der Waals surface area (Å²) < 4.78 is 0. The highest BCUT2D eigenvalue weighted by Crippen LogP contribution is 1.95. The Morgan fingerprint density at radius 2 is 2.33 bits per heavy atom. The molecule has 0 radical (unpaired) electrons. The molecule has 0 aliphatic carbocycles. The molecule has 2 N–H and O–H groups in total. The highest BCUT2D eigenvalue weighted by Gasteiger charge is 1.89. The minimum Gasteiger partial charge on any atom is -0.478 e. The molecule has 1 aromatic heterocycles. The van der Waals surface area contributed by atoms with Gasteiger partial charge in [-0.25, -0.2) is 4.79 Å². The van der Waals surface area contributed by atoms with E-state index in [-0.39, 0.29) is 5.56 Å². The van der Waals surface area contributed by atoms with Crippen LogP contribution in [0.1, 0.15) is 5.56 Å². The van der Waals surface area contributed by atoms with Gasteiger partial charge in [-0.05, 0) is 17.7 Å². The summed E-state index contributed by atoms with van der Waals surface area (Å²) in [5.74, 6) is -1.03. The summed E-state index contributed by atoms with van der Waals surface area (Å²) >= 11 is 0. The fourth-order valence-electron chi connectivity index (χ4n) is 0.732. The quantitative estimate of drug-likeness (QED) is 0.626. The van der Waals surface area contributed by atoms with Crippen molar-refractivity contribution in [2.24, 2.45) is 0 Å². The molecule has 0 amide bonds. The Morgan fingerprint density at radius 3 is 2.92 bits per heavy atom. The van der Waals surface area contributed by atoms with Crippen LogP contribution in [-0.4, -0.2) is 16.1 Å². The van der Waals surface area contributed by atoms with E-state index in [4.69, 9.17) is 5.11 Å². The normalized spacial score (nSPS) is 10.3. The predicted octanol–water partition coefficient (Wildman–Crippen LogP) is 0.473. The number of carboxylic acids is 1. The van der Waals surface area contributed by atoms with Crippen LogP contribution < -0.4 is 5.56 Å². The van der Waals surface area contributed by atoms with Gasteiger partial charge in [0.05, 0.1) is 0 Å². The van der Waals surface area contributed by atoms with Crippen LogP contribution >= 0.6 is 0 Å². The standard InChI is InChI=1S/C8H7NO3/c10-7-5-6(3-4-9-7)1-2-8(11)12/h1-5H,(H,9,10)(H,11,12)/b2-1+. The zero-order chi connectivity index (χ0) is 8.97. The first-order chi connectivity index (χ1) is 5.68. The molecule has 12 heavy (non-hydrogen) atoms. The number of carboxylic acid groups (broad SMARTS) is 1. The summed E-state index contributed by atoms with van der Waals surface area (Å²) in [5, 5.41) is 8.27. The molecule has 0 aromatic carbocycles. The highest BCUT2D eigenvalue weighted by atomic mass is 16.4. The Labute approximate surface area is 68.2 Å². The molecule has 0 spiro atoms. The third-order valence-electron chi connectivity index (χ3n) is 1.22. The third-order valence-corrected chi connectivity index (χ3v) is 1.22. The summed E-state index contributed by atoms with van der Waals surface area (Å²) in [6, 6.07) is 2.93. The van der Waals surface area contributed by atoms with Gasteiger partial charge in [0.2, 0.25) is 5.56 Å². The number of aromatic nitrogens is 1. The van der Waals surface area contributed by atoms with Crippen LogP contribution in [-0.2, 0) is 4.79 Å². The minimum atomic E-state index is -1.03. The van der Waals surface area contributed by atoms with E-state index in [1.54, 1.807) is 6.07 Å². The summed E-state index contributed by atoms with van der Waals surface area (Å²) in [7, 11) is 0. The number of rotatable bonds is 2. The lowest BCUT2D eigenvalue weighted by Crippen LogP contribution is -2.02. The van der Waals surface area contributed by atoms with Gasteiger partial charge < -0.3 is 10.1 Å². The topological polar surface area (TPSA) is 70.2 Å². The summed E-state index contributed by atoms with van der Waals surface area (Å²) in [6.45, 7) is 0. The van der Waals surface area contributed by atoms with Crippen molar-refractivity contribution in [3.8, 4) is 0 Å². The van der Waals surface area contributed by atoms with E-state index in [0.717, 1.165) is 6.08 Å². The van der Waals surface area contributed by atoms with Gasteiger partial charge in [-0.3, -0.25) is 4.79 Å². The number of aliphatic carboxylic acids is 1. The second-order valence-corrected chi connectivity index (χ2v) is 2.16. The average molecular weight is 165 g/mol. The van der Waals surface area contributed by atoms with Crippen LogP contribution in [0.5, 0.6) is 0 Å². The number of hydrogen-bond acceptors (Lipinski definition) is 2. The zero-order valence-electron chi connectivity index (χ0n) is 6.15. The second-order valence-electron chi connectivity index (χ2n) is 2.16. The molecule has 0 fully saturated rings. The van der Waals surface area contributed by atoms with Gasteiger partial charge in [0, 0.05) is 18.3 Å². The van der Waals surface area contributed by atoms with Gasteiger partial charge in [-0.2, -0.15) is 0 Å². The van der Waals surface area contributed by atoms with E-state index in [9.17, 15) is 9.59 Å². The molecular weight excluding hydrogens is 158 g/mol. The van der Waals surface area contributed by atoms with E-state index in [1.165, 1.54) is 18.3 Å². The summed E-state index contributed by atoms with van der Waals surface area (Å²) in [5.41, 5.74) is 0.323. The van der Waals surface area contributed by atoms with Crippen molar-refractivity contribution < 1.29 is 9.90 Å². The van der Waals surface area contributed by atoms with E-state index in [1.807, 2.05) is 0 Å². The SMILES string of the molecule is O=C(O)/C=C/c1cc[nH]c(=O)c1. The molecule has 0 aliphatic heterocycles. The number of hydrogen-bond donors (Lipinski definition) is 2. The Morgan fingerprint density at radius 1 is 1.58 bits per heavy atom.